The fourth-order valence-corrected chi connectivity index (χ4v) is 2.29. The van der Waals surface area contributed by atoms with Gasteiger partial charge in [0.25, 0.3) is 0 Å². The molecule has 0 saturated heterocycles. The van der Waals surface area contributed by atoms with E-state index in [4.69, 9.17) is 10.5 Å². The van der Waals surface area contributed by atoms with Gasteiger partial charge in [0.1, 0.15) is 5.75 Å². The van der Waals surface area contributed by atoms with E-state index in [0.717, 1.165) is 38.2 Å². The Hall–Kier alpha value is -1.06. The van der Waals surface area contributed by atoms with Gasteiger partial charge in [-0.3, -0.25) is 0 Å². The summed E-state index contributed by atoms with van der Waals surface area (Å²) < 4.78 is 5.35. The highest BCUT2D eigenvalue weighted by molar-refractivity contribution is 5.43. The SMILES string of the molecule is COc1ccc(CCN(C)CCCCN)c(C)c1C. The van der Waals surface area contributed by atoms with Gasteiger partial charge < -0.3 is 15.4 Å². The first-order chi connectivity index (χ1) is 9.10. The minimum absolute atomic E-state index is 0.796. The molecule has 0 amide bonds. The number of nitrogens with two attached hydrogens (primary N) is 1. The first-order valence-corrected chi connectivity index (χ1v) is 7.11. The summed E-state index contributed by atoms with van der Waals surface area (Å²) in [5.74, 6) is 0.984. The minimum atomic E-state index is 0.796. The lowest BCUT2D eigenvalue weighted by Gasteiger charge is -2.18. The van der Waals surface area contributed by atoms with Gasteiger partial charge in [-0.05, 0) is 76.0 Å². The van der Waals surface area contributed by atoms with Gasteiger partial charge in [0.15, 0.2) is 0 Å². The van der Waals surface area contributed by atoms with Crippen LogP contribution in [0.15, 0.2) is 12.1 Å². The zero-order valence-corrected chi connectivity index (χ0v) is 12.8. The molecule has 2 N–H and O–H groups in total. The molecule has 3 heteroatoms. The third kappa shape index (κ3) is 4.84. The van der Waals surface area contributed by atoms with Crippen molar-refractivity contribution in [2.75, 3.05) is 33.8 Å². The number of ether oxygens (including phenoxy) is 1. The largest absolute Gasteiger partial charge is 0.496 e. The monoisotopic (exact) mass is 264 g/mol. The zero-order valence-electron chi connectivity index (χ0n) is 12.8. The molecule has 0 aliphatic heterocycles. The highest BCUT2D eigenvalue weighted by Crippen LogP contribution is 2.24. The molecule has 0 spiro atoms. The van der Waals surface area contributed by atoms with Crippen LogP contribution in [0.2, 0.25) is 0 Å². The van der Waals surface area contributed by atoms with E-state index >= 15 is 0 Å². The van der Waals surface area contributed by atoms with Gasteiger partial charge in [-0.2, -0.15) is 0 Å². The normalized spacial score (nSPS) is 11.1. The van der Waals surface area contributed by atoms with Crippen molar-refractivity contribution in [2.24, 2.45) is 5.73 Å². The van der Waals surface area contributed by atoms with Crippen LogP contribution in [-0.2, 0) is 6.42 Å². The second-order valence-corrected chi connectivity index (χ2v) is 5.23. The van der Waals surface area contributed by atoms with Crippen molar-refractivity contribution < 1.29 is 4.74 Å². The number of nitrogens with zero attached hydrogens (tertiary/aromatic N) is 1. The number of rotatable bonds is 8. The van der Waals surface area contributed by atoms with Crippen LogP contribution < -0.4 is 10.5 Å². The van der Waals surface area contributed by atoms with Crippen molar-refractivity contribution in [3.63, 3.8) is 0 Å². The van der Waals surface area contributed by atoms with E-state index in [0.29, 0.717) is 0 Å². The van der Waals surface area contributed by atoms with E-state index in [1.807, 2.05) is 0 Å². The van der Waals surface area contributed by atoms with Crippen molar-refractivity contribution in [3.05, 3.63) is 28.8 Å². The molecule has 0 atom stereocenters. The number of hydrogen-bond acceptors (Lipinski definition) is 3. The molecule has 1 aromatic rings. The molecule has 0 bridgehead atoms. The van der Waals surface area contributed by atoms with Gasteiger partial charge in [-0.1, -0.05) is 6.07 Å². The molecule has 0 aromatic heterocycles. The summed E-state index contributed by atoms with van der Waals surface area (Å²) in [5, 5.41) is 0. The van der Waals surface area contributed by atoms with E-state index < -0.39 is 0 Å². The van der Waals surface area contributed by atoms with Crippen LogP contribution in [-0.4, -0.2) is 38.7 Å². The summed E-state index contributed by atoms with van der Waals surface area (Å²) >= 11 is 0. The second kappa shape index (κ2) is 8.18. The van der Waals surface area contributed by atoms with E-state index in [1.54, 1.807) is 7.11 Å². The number of methoxy groups -OCH3 is 1. The van der Waals surface area contributed by atoms with Gasteiger partial charge in [-0.15, -0.1) is 0 Å². The Morgan fingerprint density at radius 2 is 1.84 bits per heavy atom. The van der Waals surface area contributed by atoms with Crippen LogP contribution in [0.5, 0.6) is 5.75 Å². The Balaban J connectivity index is 2.51. The average molecular weight is 264 g/mol. The van der Waals surface area contributed by atoms with Crippen LogP contribution in [0.3, 0.4) is 0 Å². The van der Waals surface area contributed by atoms with Crippen LogP contribution in [0, 0.1) is 13.8 Å². The first-order valence-electron chi connectivity index (χ1n) is 7.11. The van der Waals surface area contributed by atoms with E-state index in [2.05, 4.69) is 37.9 Å². The molecular weight excluding hydrogens is 236 g/mol. The maximum Gasteiger partial charge on any atom is 0.122 e. The van der Waals surface area contributed by atoms with Gasteiger partial charge >= 0.3 is 0 Å². The molecule has 0 aliphatic carbocycles. The molecule has 0 fully saturated rings. The molecule has 0 radical (unpaired) electrons. The Bertz CT molecular complexity index is 391. The lowest BCUT2D eigenvalue weighted by molar-refractivity contribution is 0.330. The third-order valence-electron chi connectivity index (χ3n) is 3.83. The van der Waals surface area contributed by atoms with Gasteiger partial charge in [-0.25, -0.2) is 0 Å². The van der Waals surface area contributed by atoms with Gasteiger partial charge in [0.2, 0.25) is 0 Å². The first kappa shape index (κ1) is 16.0. The average Bonchev–Trinajstić information content (AvgIpc) is 2.41. The van der Waals surface area contributed by atoms with Crippen molar-refractivity contribution in [1.82, 2.24) is 4.90 Å². The summed E-state index contributed by atoms with van der Waals surface area (Å²) in [6.07, 6.45) is 3.40. The van der Waals surface area contributed by atoms with Crippen molar-refractivity contribution in [2.45, 2.75) is 33.1 Å². The summed E-state index contributed by atoms with van der Waals surface area (Å²) in [5.41, 5.74) is 9.55. The molecule has 0 saturated carbocycles. The number of hydrogen-bond donors (Lipinski definition) is 1. The fourth-order valence-electron chi connectivity index (χ4n) is 2.29. The van der Waals surface area contributed by atoms with E-state index in [1.165, 1.54) is 23.1 Å². The number of likely N-dealkylation sites (N-methyl/N-ethyl adjacent to an activating group) is 1. The van der Waals surface area contributed by atoms with Crippen LogP contribution >= 0.6 is 0 Å². The summed E-state index contributed by atoms with van der Waals surface area (Å²) in [4.78, 5) is 2.38. The molecule has 1 rings (SSSR count). The van der Waals surface area contributed by atoms with Crippen LogP contribution in [0.25, 0.3) is 0 Å². The smallest absolute Gasteiger partial charge is 0.122 e. The maximum atomic E-state index is 5.51. The third-order valence-corrected chi connectivity index (χ3v) is 3.83. The topological polar surface area (TPSA) is 38.5 Å². The highest BCUT2D eigenvalue weighted by Gasteiger charge is 2.07. The lowest BCUT2D eigenvalue weighted by atomic mass is 10.00. The molecule has 0 unspecified atom stereocenters. The minimum Gasteiger partial charge on any atom is -0.496 e. The van der Waals surface area contributed by atoms with Crippen LogP contribution in [0.4, 0.5) is 0 Å². The molecule has 0 heterocycles. The lowest BCUT2D eigenvalue weighted by Crippen LogP contribution is -2.23. The van der Waals surface area contributed by atoms with Crippen molar-refractivity contribution in [3.8, 4) is 5.75 Å². The predicted molar refractivity (Wildman–Crippen MR) is 82.0 cm³/mol. The second-order valence-electron chi connectivity index (χ2n) is 5.23. The zero-order chi connectivity index (χ0) is 14.3. The molecule has 3 nitrogen and oxygen atoms in total. The van der Waals surface area contributed by atoms with E-state index in [9.17, 15) is 0 Å². The van der Waals surface area contributed by atoms with Crippen LogP contribution in [0.1, 0.15) is 29.5 Å². The summed E-state index contributed by atoms with van der Waals surface area (Å²) in [6, 6.07) is 4.26. The highest BCUT2D eigenvalue weighted by atomic mass is 16.5. The molecule has 1 aromatic carbocycles. The number of unbranched alkanes of at least 4 members (excludes halogenated alkanes) is 1. The maximum absolute atomic E-state index is 5.51. The molecular formula is C16H28N2O. The molecule has 19 heavy (non-hydrogen) atoms. The quantitative estimate of drug-likeness (QED) is 0.733. The molecule has 108 valence electrons. The Kier molecular flexibility index (Phi) is 6.89. The van der Waals surface area contributed by atoms with Gasteiger partial charge in [0.05, 0.1) is 7.11 Å². The van der Waals surface area contributed by atoms with E-state index in [-0.39, 0.29) is 0 Å². The standard InChI is InChI=1S/C16H28N2O/c1-13-14(2)16(19-4)8-7-15(13)9-12-18(3)11-6-5-10-17/h7-8H,5-6,9-12,17H2,1-4H3. The summed E-state index contributed by atoms with van der Waals surface area (Å²) in [6.45, 7) is 7.33. The molecule has 0 aliphatic rings. The number of benzene rings is 1. The fraction of sp³-hybridized carbons (Fsp3) is 0.625. The van der Waals surface area contributed by atoms with Gasteiger partial charge in [0, 0.05) is 6.54 Å². The Labute approximate surface area is 117 Å². The predicted octanol–water partition coefficient (Wildman–Crippen LogP) is 2.53. The van der Waals surface area contributed by atoms with Crippen molar-refractivity contribution >= 4 is 0 Å². The van der Waals surface area contributed by atoms with Crippen molar-refractivity contribution in [1.29, 1.82) is 0 Å². The Morgan fingerprint density at radius 1 is 1.11 bits per heavy atom. The summed E-state index contributed by atoms with van der Waals surface area (Å²) in [7, 11) is 3.91. The Morgan fingerprint density at radius 3 is 2.47 bits per heavy atom.